The minimum absolute atomic E-state index is 0.194. The third-order valence-corrected chi connectivity index (χ3v) is 6.95. The maximum atomic E-state index is 12.3. The molecule has 28 heavy (non-hydrogen) atoms. The van der Waals surface area contributed by atoms with Gasteiger partial charge in [-0.15, -0.1) is 21.5 Å². The largest absolute Gasteiger partial charge is 0.410 e. The summed E-state index contributed by atoms with van der Waals surface area (Å²) in [5, 5.41) is 11.5. The fraction of sp³-hybridized carbons (Fsp3) is 0.368. The fourth-order valence-electron chi connectivity index (χ4n) is 3.05. The summed E-state index contributed by atoms with van der Waals surface area (Å²) in [7, 11) is 0. The Balaban J connectivity index is 1.40. The van der Waals surface area contributed by atoms with Crippen LogP contribution in [0.2, 0.25) is 5.02 Å². The monoisotopic (exact) mass is 434 g/mol. The van der Waals surface area contributed by atoms with Gasteiger partial charge in [0.15, 0.2) is 0 Å². The third-order valence-electron chi connectivity index (χ3n) is 4.57. The number of thiophene rings is 1. The van der Waals surface area contributed by atoms with Crippen LogP contribution < -0.4 is 5.32 Å². The van der Waals surface area contributed by atoms with E-state index in [0.29, 0.717) is 22.0 Å². The van der Waals surface area contributed by atoms with Gasteiger partial charge in [0.05, 0.1) is 15.1 Å². The Morgan fingerprint density at radius 1 is 1.43 bits per heavy atom. The molecule has 3 aromatic heterocycles. The molecule has 0 unspecified atom stereocenters. The number of carbonyl (C=O) groups excluding carboxylic acids is 1. The van der Waals surface area contributed by atoms with Crippen molar-refractivity contribution in [3.8, 4) is 10.8 Å². The summed E-state index contributed by atoms with van der Waals surface area (Å²) >= 11 is 8.76. The van der Waals surface area contributed by atoms with Crippen molar-refractivity contribution in [1.29, 1.82) is 0 Å². The first-order chi connectivity index (χ1) is 13.5. The summed E-state index contributed by atoms with van der Waals surface area (Å²) in [5.41, 5.74) is 1.40. The van der Waals surface area contributed by atoms with E-state index in [-0.39, 0.29) is 5.91 Å². The van der Waals surface area contributed by atoms with Gasteiger partial charge in [-0.25, -0.2) is 4.98 Å². The number of carbonyl (C=O) groups is 1. The summed E-state index contributed by atoms with van der Waals surface area (Å²) in [4.78, 5) is 18.8. The first-order valence-electron chi connectivity index (χ1n) is 9.02. The number of halogens is 1. The highest BCUT2D eigenvalue weighted by Crippen LogP contribution is 2.37. The molecule has 9 heteroatoms. The smallest absolute Gasteiger partial charge is 0.277 e. The molecule has 0 spiro atoms. The maximum absolute atomic E-state index is 12.3. The lowest BCUT2D eigenvalue weighted by atomic mass is 9.90. The predicted molar refractivity (Wildman–Crippen MR) is 112 cm³/mol. The maximum Gasteiger partial charge on any atom is 0.277 e. The minimum atomic E-state index is -0.414. The van der Waals surface area contributed by atoms with Gasteiger partial charge < -0.3 is 9.73 Å². The first kappa shape index (κ1) is 19.4. The zero-order valence-electron chi connectivity index (χ0n) is 15.4. The summed E-state index contributed by atoms with van der Waals surface area (Å²) in [6.07, 6.45) is 4.94. The van der Waals surface area contributed by atoms with Gasteiger partial charge in [-0.3, -0.25) is 4.79 Å². The second-order valence-electron chi connectivity index (χ2n) is 6.89. The molecule has 3 heterocycles. The number of fused-ring (bicyclic) bond motifs is 1. The van der Waals surface area contributed by atoms with Crippen molar-refractivity contribution in [2.45, 2.75) is 43.6 Å². The average Bonchev–Trinajstić information content (AvgIpc) is 3.29. The van der Waals surface area contributed by atoms with Gasteiger partial charge in [0.25, 0.3) is 11.1 Å². The molecule has 0 fully saturated rings. The van der Waals surface area contributed by atoms with Gasteiger partial charge in [0.2, 0.25) is 5.91 Å². The number of thioether (sulfide) groups is 1. The van der Waals surface area contributed by atoms with Crippen molar-refractivity contribution in [2.24, 2.45) is 5.92 Å². The number of pyridine rings is 1. The van der Waals surface area contributed by atoms with Crippen LogP contribution in [0.1, 0.15) is 30.7 Å². The number of aromatic nitrogens is 3. The minimum Gasteiger partial charge on any atom is -0.410 e. The van der Waals surface area contributed by atoms with Gasteiger partial charge >= 0.3 is 0 Å². The molecule has 1 N–H and O–H groups in total. The molecule has 1 aliphatic carbocycles. The number of hydrogen-bond donors (Lipinski definition) is 1. The number of rotatable bonds is 5. The van der Waals surface area contributed by atoms with E-state index in [1.165, 1.54) is 34.8 Å². The lowest BCUT2D eigenvalue weighted by Gasteiger charge is -2.16. The van der Waals surface area contributed by atoms with Gasteiger partial charge in [-0.1, -0.05) is 30.3 Å². The van der Waals surface area contributed by atoms with Crippen LogP contribution in [0, 0.1) is 5.92 Å². The van der Waals surface area contributed by atoms with Gasteiger partial charge in [0.1, 0.15) is 5.82 Å². The molecule has 0 aromatic carbocycles. The Hall–Kier alpha value is -1.90. The topological polar surface area (TPSA) is 80.9 Å². The van der Waals surface area contributed by atoms with Crippen molar-refractivity contribution in [3.63, 3.8) is 0 Å². The van der Waals surface area contributed by atoms with Crippen molar-refractivity contribution < 1.29 is 9.21 Å². The Morgan fingerprint density at radius 3 is 3.07 bits per heavy atom. The number of anilines is 1. The van der Waals surface area contributed by atoms with Crippen LogP contribution >= 0.6 is 34.7 Å². The molecular weight excluding hydrogens is 416 g/mol. The average molecular weight is 435 g/mol. The summed E-state index contributed by atoms with van der Waals surface area (Å²) in [6, 6.07) is 5.50. The number of nitrogens with zero attached hydrogens (tertiary/aromatic N) is 3. The molecule has 6 nitrogen and oxygen atoms in total. The molecule has 0 saturated heterocycles. The highest BCUT2D eigenvalue weighted by Gasteiger charge is 2.22. The second-order valence-corrected chi connectivity index (χ2v) is 9.76. The number of hydrogen-bond acceptors (Lipinski definition) is 7. The summed E-state index contributed by atoms with van der Waals surface area (Å²) < 4.78 is 5.80. The van der Waals surface area contributed by atoms with Crippen LogP contribution in [0.3, 0.4) is 0 Å². The Bertz CT molecular complexity index is 986. The van der Waals surface area contributed by atoms with E-state index in [2.05, 4.69) is 33.5 Å². The van der Waals surface area contributed by atoms with Crippen LogP contribution in [0.4, 0.5) is 5.82 Å². The van der Waals surface area contributed by atoms with Crippen LogP contribution in [0.25, 0.3) is 10.8 Å². The molecule has 4 rings (SSSR count). The second kappa shape index (κ2) is 8.23. The van der Waals surface area contributed by atoms with Gasteiger partial charge in [-0.05, 0) is 55.9 Å². The SMILES string of the molecule is C[C@H]1CCc2sc(-c3nnc(S[C@@H](C)C(=O)Nc4ccc(Cl)cn4)o3)cc2C1. The van der Waals surface area contributed by atoms with Gasteiger partial charge in [-0.2, -0.15) is 0 Å². The van der Waals surface area contributed by atoms with Crippen LogP contribution in [-0.2, 0) is 17.6 Å². The molecule has 1 amide bonds. The fourth-order valence-corrected chi connectivity index (χ4v) is 4.98. The van der Waals surface area contributed by atoms with Crippen molar-refractivity contribution >= 4 is 46.4 Å². The highest BCUT2D eigenvalue weighted by molar-refractivity contribution is 8.00. The normalized spacial score (nSPS) is 17.2. The van der Waals surface area contributed by atoms with E-state index in [4.69, 9.17) is 16.0 Å². The number of aryl methyl sites for hydroxylation is 1. The van der Waals surface area contributed by atoms with E-state index in [1.807, 2.05) is 0 Å². The first-order valence-corrected chi connectivity index (χ1v) is 11.1. The standard InChI is InChI=1S/C19H19ClN4O2S2/c1-10-3-5-14-12(7-10)8-15(28-14)18-23-24-19(26-18)27-11(2)17(25)22-16-6-4-13(20)9-21-16/h4,6,8-11H,3,5,7H2,1-2H3,(H,21,22,25)/t10-,11-/m0/s1. The van der Waals surface area contributed by atoms with Gasteiger partial charge in [0, 0.05) is 11.1 Å². The Kier molecular flexibility index (Phi) is 5.70. The molecule has 1 aliphatic rings. The molecular formula is C19H19ClN4O2S2. The highest BCUT2D eigenvalue weighted by atomic mass is 35.5. The zero-order chi connectivity index (χ0) is 19.7. The third kappa shape index (κ3) is 4.39. The molecule has 0 radical (unpaired) electrons. The number of nitrogens with one attached hydrogen (secondary N) is 1. The quantitative estimate of drug-likeness (QED) is 0.563. The van der Waals surface area contributed by atoms with E-state index in [9.17, 15) is 4.79 Å². The summed E-state index contributed by atoms with van der Waals surface area (Å²) in [5.74, 6) is 1.49. The van der Waals surface area contributed by atoms with Crippen LogP contribution in [-0.4, -0.2) is 26.3 Å². The van der Waals surface area contributed by atoms with Crippen molar-refractivity contribution in [2.75, 3.05) is 5.32 Å². The predicted octanol–water partition coefficient (Wildman–Crippen LogP) is 5.09. The molecule has 0 bridgehead atoms. The van der Waals surface area contributed by atoms with Crippen LogP contribution in [0.15, 0.2) is 34.0 Å². The molecule has 0 saturated carbocycles. The van der Waals surface area contributed by atoms with Crippen LogP contribution in [0.5, 0.6) is 0 Å². The number of amides is 1. The summed E-state index contributed by atoms with van der Waals surface area (Å²) in [6.45, 7) is 4.07. The molecule has 2 atom stereocenters. The van der Waals surface area contributed by atoms with E-state index in [1.54, 1.807) is 30.4 Å². The Morgan fingerprint density at radius 2 is 2.29 bits per heavy atom. The zero-order valence-corrected chi connectivity index (χ0v) is 17.8. The molecule has 3 aromatic rings. The lowest BCUT2D eigenvalue weighted by molar-refractivity contribution is -0.115. The molecule has 146 valence electrons. The molecule has 0 aliphatic heterocycles. The van der Waals surface area contributed by atoms with E-state index in [0.717, 1.165) is 23.6 Å². The van der Waals surface area contributed by atoms with E-state index < -0.39 is 5.25 Å². The van der Waals surface area contributed by atoms with Crippen molar-refractivity contribution in [1.82, 2.24) is 15.2 Å². The lowest BCUT2D eigenvalue weighted by Crippen LogP contribution is -2.22. The van der Waals surface area contributed by atoms with Crippen molar-refractivity contribution in [3.05, 3.63) is 39.9 Å². The van der Waals surface area contributed by atoms with E-state index >= 15 is 0 Å². The Labute approximate surface area is 176 Å².